The van der Waals surface area contributed by atoms with E-state index >= 15 is 0 Å². The van der Waals surface area contributed by atoms with E-state index in [0.29, 0.717) is 30.3 Å². The molecule has 7 nitrogen and oxygen atoms in total. The van der Waals surface area contributed by atoms with Crippen LogP contribution in [0.15, 0.2) is 5.16 Å². The van der Waals surface area contributed by atoms with E-state index < -0.39 is 0 Å². The van der Waals surface area contributed by atoms with Crippen LogP contribution in [0.2, 0.25) is 0 Å². The van der Waals surface area contributed by atoms with Gasteiger partial charge in [-0.2, -0.15) is 15.0 Å². The second-order valence-electron chi connectivity index (χ2n) is 4.81. The standard InChI is InChI=1S/C13H23N5O2S/c1-3-14-11-15-12(18-5-8-20-9-6-18)17-13(16-11)21-10(2)4-7-19/h10,19H,3-9H2,1-2H3,(H,14,15,16,17). The Balaban J connectivity index is 2.16. The number of rotatable bonds is 7. The molecule has 118 valence electrons. The van der Waals surface area contributed by atoms with Crippen LogP contribution >= 0.6 is 11.8 Å². The summed E-state index contributed by atoms with van der Waals surface area (Å²) in [5.41, 5.74) is 0. The summed E-state index contributed by atoms with van der Waals surface area (Å²) < 4.78 is 5.36. The molecule has 0 amide bonds. The van der Waals surface area contributed by atoms with Gasteiger partial charge in [0.05, 0.1) is 13.2 Å². The molecule has 0 spiro atoms. The summed E-state index contributed by atoms with van der Waals surface area (Å²) in [5, 5.41) is 13.1. The van der Waals surface area contributed by atoms with Crippen molar-refractivity contribution >= 4 is 23.7 Å². The van der Waals surface area contributed by atoms with Crippen LogP contribution in [0.4, 0.5) is 11.9 Å². The van der Waals surface area contributed by atoms with Crippen molar-refractivity contribution in [1.29, 1.82) is 0 Å². The zero-order valence-electron chi connectivity index (χ0n) is 12.6. The lowest BCUT2D eigenvalue weighted by atomic mass is 10.4. The van der Waals surface area contributed by atoms with Gasteiger partial charge in [0.15, 0.2) is 5.16 Å². The maximum absolute atomic E-state index is 9.01. The molecule has 0 saturated carbocycles. The summed E-state index contributed by atoms with van der Waals surface area (Å²) in [6.45, 7) is 8.01. The molecular weight excluding hydrogens is 290 g/mol. The summed E-state index contributed by atoms with van der Waals surface area (Å²) in [7, 11) is 0. The topological polar surface area (TPSA) is 83.4 Å². The molecule has 1 aromatic rings. The number of nitrogens with one attached hydrogen (secondary N) is 1. The Labute approximate surface area is 129 Å². The van der Waals surface area contributed by atoms with Gasteiger partial charge in [-0.25, -0.2) is 0 Å². The number of thioether (sulfide) groups is 1. The van der Waals surface area contributed by atoms with Crippen molar-refractivity contribution in [2.24, 2.45) is 0 Å². The summed E-state index contributed by atoms with van der Waals surface area (Å²) in [4.78, 5) is 15.6. The average molecular weight is 313 g/mol. The van der Waals surface area contributed by atoms with E-state index in [0.717, 1.165) is 26.1 Å². The fourth-order valence-corrected chi connectivity index (χ4v) is 2.82. The Morgan fingerprint density at radius 2 is 2.10 bits per heavy atom. The summed E-state index contributed by atoms with van der Waals surface area (Å²) in [6, 6.07) is 0. The number of morpholine rings is 1. The van der Waals surface area contributed by atoms with Crippen LogP contribution in [0.1, 0.15) is 20.3 Å². The van der Waals surface area contributed by atoms with Crippen molar-refractivity contribution in [3.63, 3.8) is 0 Å². The normalized spacial score (nSPS) is 16.8. The predicted octanol–water partition coefficient (Wildman–Crippen LogP) is 1.00. The Morgan fingerprint density at radius 1 is 1.33 bits per heavy atom. The van der Waals surface area contributed by atoms with Crippen molar-refractivity contribution in [3.05, 3.63) is 0 Å². The third-order valence-corrected chi connectivity index (χ3v) is 4.11. The molecule has 21 heavy (non-hydrogen) atoms. The number of aromatic nitrogens is 3. The van der Waals surface area contributed by atoms with E-state index in [1.165, 1.54) is 0 Å². The number of anilines is 2. The van der Waals surface area contributed by atoms with E-state index in [1.54, 1.807) is 11.8 Å². The van der Waals surface area contributed by atoms with Crippen molar-refractivity contribution in [1.82, 2.24) is 15.0 Å². The highest BCUT2D eigenvalue weighted by Crippen LogP contribution is 2.24. The van der Waals surface area contributed by atoms with Gasteiger partial charge in [0, 0.05) is 31.5 Å². The number of aliphatic hydroxyl groups is 1. The fraction of sp³-hybridized carbons (Fsp3) is 0.769. The third kappa shape index (κ3) is 4.98. The van der Waals surface area contributed by atoms with Gasteiger partial charge >= 0.3 is 0 Å². The second kappa shape index (κ2) is 8.35. The first kappa shape index (κ1) is 16.3. The lowest BCUT2D eigenvalue weighted by Crippen LogP contribution is -2.37. The zero-order valence-corrected chi connectivity index (χ0v) is 13.4. The van der Waals surface area contributed by atoms with E-state index in [2.05, 4.69) is 32.1 Å². The first-order chi connectivity index (χ1) is 10.2. The molecule has 0 aromatic carbocycles. The van der Waals surface area contributed by atoms with Crippen molar-refractivity contribution in [2.75, 3.05) is 49.7 Å². The molecule has 1 aliphatic rings. The lowest BCUT2D eigenvalue weighted by Gasteiger charge is -2.27. The maximum atomic E-state index is 9.01. The molecule has 1 atom stereocenters. The monoisotopic (exact) mass is 313 g/mol. The SMILES string of the molecule is CCNc1nc(SC(C)CCO)nc(N2CCOCC2)n1. The molecule has 1 saturated heterocycles. The molecule has 8 heteroatoms. The van der Waals surface area contributed by atoms with Crippen LogP contribution in [0.25, 0.3) is 0 Å². The van der Waals surface area contributed by atoms with Gasteiger partial charge in [-0.15, -0.1) is 0 Å². The Hall–Kier alpha value is -1.12. The quantitative estimate of drug-likeness (QED) is 0.722. The highest BCUT2D eigenvalue weighted by atomic mass is 32.2. The molecule has 1 unspecified atom stereocenters. The minimum Gasteiger partial charge on any atom is -0.396 e. The van der Waals surface area contributed by atoms with Crippen LogP contribution < -0.4 is 10.2 Å². The van der Waals surface area contributed by atoms with E-state index in [1.807, 2.05) is 6.92 Å². The van der Waals surface area contributed by atoms with E-state index in [-0.39, 0.29) is 11.9 Å². The first-order valence-electron chi connectivity index (χ1n) is 7.33. The highest BCUT2D eigenvalue weighted by Gasteiger charge is 2.17. The Bertz CT molecular complexity index is 443. The Kier molecular flexibility index (Phi) is 6.47. The van der Waals surface area contributed by atoms with Crippen LogP contribution in [-0.2, 0) is 4.74 Å². The summed E-state index contributed by atoms with van der Waals surface area (Å²) in [5.74, 6) is 1.30. The van der Waals surface area contributed by atoms with Crippen LogP contribution in [-0.4, -0.2) is 64.8 Å². The van der Waals surface area contributed by atoms with Crippen LogP contribution in [0, 0.1) is 0 Å². The molecule has 1 aliphatic heterocycles. The van der Waals surface area contributed by atoms with Crippen molar-refractivity contribution < 1.29 is 9.84 Å². The van der Waals surface area contributed by atoms with Crippen molar-refractivity contribution in [3.8, 4) is 0 Å². The number of hydrogen-bond acceptors (Lipinski definition) is 8. The van der Waals surface area contributed by atoms with Gasteiger partial charge < -0.3 is 20.1 Å². The van der Waals surface area contributed by atoms with Crippen molar-refractivity contribution in [2.45, 2.75) is 30.7 Å². The van der Waals surface area contributed by atoms with Gasteiger partial charge in [-0.3, -0.25) is 0 Å². The molecule has 2 N–H and O–H groups in total. The first-order valence-corrected chi connectivity index (χ1v) is 8.21. The number of nitrogens with zero attached hydrogens (tertiary/aromatic N) is 4. The van der Waals surface area contributed by atoms with E-state index in [4.69, 9.17) is 9.84 Å². The minimum atomic E-state index is 0.176. The van der Waals surface area contributed by atoms with E-state index in [9.17, 15) is 0 Å². The number of hydrogen-bond donors (Lipinski definition) is 2. The molecular formula is C13H23N5O2S. The van der Waals surface area contributed by atoms with Gasteiger partial charge in [0.1, 0.15) is 0 Å². The molecule has 0 radical (unpaired) electrons. The lowest BCUT2D eigenvalue weighted by molar-refractivity contribution is 0.122. The number of aliphatic hydroxyl groups excluding tert-OH is 1. The summed E-state index contributed by atoms with van der Waals surface area (Å²) >= 11 is 1.57. The third-order valence-electron chi connectivity index (χ3n) is 3.07. The largest absolute Gasteiger partial charge is 0.396 e. The highest BCUT2D eigenvalue weighted by molar-refractivity contribution is 7.99. The van der Waals surface area contributed by atoms with Gasteiger partial charge in [-0.1, -0.05) is 18.7 Å². The maximum Gasteiger partial charge on any atom is 0.231 e. The molecule has 2 heterocycles. The predicted molar refractivity (Wildman–Crippen MR) is 84.0 cm³/mol. The molecule has 0 aliphatic carbocycles. The fourth-order valence-electron chi connectivity index (χ4n) is 1.96. The molecule has 2 rings (SSSR count). The van der Waals surface area contributed by atoms with Crippen LogP contribution in [0.3, 0.4) is 0 Å². The van der Waals surface area contributed by atoms with Gasteiger partial charge in [0.25, 0.3) is 0 Å². The molecule has 1 aromatic heterocycles. The Morgan fingerprint density at radius 3 is 2.76 bits per heavy atom. The van der Waals surface area contributed by atoms with Gasteiger partial charge in [0.2, 0.25) is 11.9 Å². The zero-order chi connectivity index (χ0) is 15.1. The summed E-state index contributed by atoms with van der Waals surface area (Å²) in [6.07, 6.45) is 0.722. The average Bonchev–Trinajstić information content (AvgIpc) is 2.48. The second-order valence-corrected chi connectivity index (χ2v) is 6.22. The number of ether oxygens (including phenoxy) is 1. The van der Waals surface area contributed by atoms with Gasteiger partial charge in [-0.05, 0) is 13.3 Å². The molecule has 1 fully saturated rings. The smallest absolute Gasteiger partial charge is 0.231 e. The molecule has 0 bridgehead atoms. The minimum absolute atomic E-state index is 0.176. The van der Waals surface area contributed by atoms with Crippen LogP contribution in [0.5, 0.6) is 0 Å².